The van der Waals surface area contributed by atoms with Gasteiger partial charge < -0.3 is 15.4 Å². The van der Waals surface area contributed by atoms with Crippen LogP contribution in [0, 0.1) is 0 Å². The summed E-state index contributed by atoms with van der Waals surface area (Å²) in [6.07, 6.45) is 6.37. The Kier molecular flexibility index (Phi) is 5.84. The van der Waals surface area contributed by atoms with Gasteiger partial charge >= 0.3 is 0 Å². The van der Waals surface area contributed by atoms with E-state index in [1.165, 1.54) is 45.2 Å². The first-order valence-electron chi connectivity index (χ1n) is 8.36. The summed E-state index contributed by atoms with van der Waals surface area (Å²) in [5, 5.41) is 0. The minimum atomic E-state index is 0.194. The van der Waals surface area contributed by atoms with Gasteiger partial charge in [0, 0.05) is 44.4 Å². The van der Waals surface area contributed by atoms with Crippen LogP contribution in [0.15, 0.2) is 0 Å². The maximum atomic E-state index is 6.29. The van der Waals surface area contributed by atoms with Crippen LogP contribution < -0.4 is 5.73 Å². The van der Waals surface area contributed by atoms with Gasteiger partial charge in [0.2, 0.25) is 0 Å². The van der Waals surface area contributed by atoms with Gasteiger partial charge in [-0.05, 0) is 45.6 Å². The topological polar surface area (TPSA) is 41.7 Å². The van der Waals surface area contributed by atoms with Crippen molar-refractivity contribution in [1.82, 2.24) is 9.80 Å². The zero-order chi connectivity index (χ0) is 14.6. The Morgan fingerprint density at radius 3 is 2.90 bits per heavy atom. The number of rotatable bonds is 7. The Morgan fingerprint density at radius 2 is 2.25 bits per heavy atom. The van der Waals surface area contributed by atoms with Gasteiger partial charge in [0.1, 0.15) is 0 Å². The molecule has 4 nitrogen and oxygen atoms in total. The lowest BCUT2D eigenvalue weighted by Gasteiger charge is -2.52. The average Bonchev–Trinajstić information content (AvgIpc) is 2.94. The molecule has 0 aromatic heterocycles. The van der Waals surface area contributed by atoms with Crippen LogP contribution in [0.2, 0.25) is 0 Å². The largest absolute Gasteiger partial charge is 0.383 e. The molecule has 2 aliphatic heterocycles. The average molecular weight is 283 g/mol. The molecule has 2 N–H and O–H groups in total. The highest BCUT2D eigenvalue weighted by molar-refractivity contribution is 5.02. The third-order valence-electron chi connectivity index (χ3n) is 5.63. The summed E-state index contributed by atoms with van der Waals surface area (Å²) in [4.78, 5) is 5.34. The fraction of sp³-hybridized carbons (Fsp3) is 1.00. The Labute approximate surface area is 124 Å². The standard InChI is InChI=1S/C16H33N3O/c1-4-14(2)19(10-11-20-3)16(13-17)7-9-18-8-5-6-15(18)12-16/h14-15H,4-13,17H2,1-3H3. The molecule has 2 rings (SSSR count). The first kappa shape index (κ1) is 16.2. The molecule has 0 amide bonds. The number of fused-ring (bicyclic) bond motifs is 1. The van der Waals surface area contributed by atoms with Gasteiger partial charge in [-0.1, -0.05) is 6.92 Å². The molecule has 2 heterocycles. The van der Waals surface area contributed by atoms with Crippen LogP contribution in [0.1, 0.15) is 46.0 Å². The second-order valence-electron chi connectivity index (χ2n) is 6.66. The Hall–Kier alpha value is -0.160. The van der Waals surface area contributed by atoms with Gasteiger partial charge in [-0.3, -0.25) is 4.90 Å². The minimum Gasteiger partial charge on any atom is -0.383 e. The Bertz CT molecular complexity index is 299. The van der Waals surface area contributed by atoms with E-state index in [1.807, 2.05) is 0 Å². The van der Waals surface area contributed by atoms with E-state index in [0.717, 1.165) is 25.7 Å². The van der Waals surface area contributed by atoms with E-state index < -0.39 is 0 Å². The number of piperidine rings is 1. The van der Waals surface area contributed by atoms with Gasteiger partial charge in [-0.25, -0.2) is 0 Å². The van der Waals surface area contributed by atoms with Crippen LogP contribution in [-0.4, -0.2) is 67.3 Å². The van der Waals surface area contributed by atoms with Crippen LogP contribution >= 0.6 is 0 Å². The summed E-state index contributed by atoms with van der Waals surface area (Å²) < 4.78 is 5.34. The number of methoxy groups -OCH3 is 1. The molecule has 0 radical (unpaired) electrons. The molecular formula is C16H33N3O. The van der Waals surface area contributed by atoms with E-state index in [9.17, 15) is 0 Å². The molecule has 0 aromatic carbocycles. The van der Waals surface area contributed by atoms with Crippen molar-refractivity contribution in [1.29, 1.82) is 0 Å². The van der Waals surface area contributed by atoms with E-state index in [1.54, 1.807) is 7.11 Å². The first-order chi connectivity index (χ1) is 9.66. The zero-order valence-corrected chi connectivity index (χ0v) is 13.6. The van der Waals surface area contributed by atoms with E-state index in [2.05, 4.69) is 23.6 Å². The molecule has 4 heteroatoms. The summed E-state index contributed by atoms with van der Waals surface area (Å²) >= 11 is 0. The predicted octanol–water partition coefficient (Wildman–Crippen LogP) is 1.69. The highest BCUT2D eigenvalue weighted by Crippen LogP contribution is 2.37. The van der Waals surface area contributed by atoms with E-state index in [4.69, 9.17) is 10.5 Å². The van der Waals surface area contributed by atoms with E-state index in [0.29, 0.717) is 6.04 Å². The summed E-state index contributed by atoms with van der Waals surface area (Å²) in [6.45, 7) is 9.74. The lowest BCUT2D eigenvalue weighted by Crippen LogP contribution is -2.63. The highest BCUT2D eigenvalue weighted by Gasteiger charge is 2.45. The molecule has 2 fully saturated rings. The van der Waals surface area contributed by atoms with Crippen molar-refractivity contribution >= 4 is 0 Å². The molecule has 0 saturated carbocycles. The predicted molar refractivity (Wildman–Crippen MR) is 83.9 cm³/mol. The summed E-state index contributed by atoms with van der Waals surface area (Å²) in [5.41, 5.74) is 6.48. The summed E-state index contributed by atoms with van der Waals surface area (Å²) in [6, 6.07) is 1.35. The normalized spacial score (nSPS) is 32.5. The molecule has 20 heavy (non-hydrogen) atoms. The molecule has 3 atom stereocenters. The summed E-state index contributed by atoms with van der Waals surface area (Å²) in [7, 11) is 1.80. The number of nitrogens with two attached hydrogens (primary N) is 1. The zero-order valence-electron chi connectivity index (χ0n) is 13.6. The van der Waals surface area contributed by atoms with Crippen LogP contribution in [0.5, 0.6) is 0 Å². The van der Waals surface area contributed by atoms with Gasteiger partial charge in [0.25, 0.3) is 0 Å². The van der Waals surface area contributed by atoms with Crippen molar-refractivity contribution in [2.45, 2.75) is 63.6 Å². The molecule has 0 aromatic rings. The number of nitrogens with zero attached hydrogens (tertiary/aromatic N) is 2. The van der Waals surface area contributed by atoms with Crippen LogP contribution in [0.25, 0.3) is 0 Å². The van der Waals surface area contributed by atoms with Crippen LogP contribution in [0.4, 0.5) is 0 Å². The first-order valence-corrected chi connectivity index (χ1v) is 8.36. The van der Waals surface area contributed by atoms with Gasteiger partial charge in [0.15, 0.2) is 0 Å². The molecule has 118 valence electrons. The maximum absolute atomic E-state index is 6.29. The number of ether oxygens (including phenoxy) is 1. The van der Waals surface area contributed by atoms with Crippen molar-refractivity contribution in [3.8, 4) is 0 Å². The molecule has 0 spiro atoms. The minimum absolute atomic E-state index is 0.194. The molecule has 2 aliphatic rings. The van der Waals surface area contributed by atoms with Gasteiger partial charge in [-0.2, -0.15) is 0 Å². The maximum Gasteiger partial charge on any atom is 0.0590 e. The number of hydrogen-bond acceptors (Lipinski definition) is 4. The van der Waals surface area contributed by atoms with Crippen molar-refractivity contribution < 1.29 is 4.74 Å². The monoisotopic (exact) mass is 283 g/mol. The van der Waals surface area contributed by atoms with Gasteiger partial charge in [-0.15, -0.1) is 0 Å². The quantitative estimate of drug-likeness (QED) is 0.772. The molecule has 0 aliphatic carbocycles. The SMILES string of the molecule is CCC(C)N(CCOC)C1(CN)CCN2CCCC2C1. The second-order valence-corrected chi connectivity index (χ2v) is 6.66. The lowest BCUT2D eigenvalue weighted by atomic mass is 9.80. The van der Waals surface area contributed by atoms with E-state index >= 15 is 0 Å². The smallest absolute Gasteiger partial charge is 0.0590 e. The fourth-order valence-corrected chi connectivity index (χ4v) is 4.21. The molecule has 2 saturated heterocycles. The van der Waals surface area contributed by atoms with Gasteiger partial charge in [0.05, 0.1) is 6.61 Å². The summed E-state index contributed by atoms with van der Waals surface area (Å²) in [5.74, 6) is 0. The van der Waals surface area contributed by atoms with Crippen LogP contribution in [-0.2, 0) is 4.74 Å². The molecular weight excluding hydrogens is 250 g/mol. The highest BCUT2D eigenvalue weighted by atomic mass is 16.5. The Morgan fingerprint density at radius 1 is 1.45 bits per heavy atom. The Balaban J connectivity index is 2.12. The van der Waals surface area contributed by atoms with Crippen LogP contribution in [0.3, 0.4) is 0 Å². The lowest BCUT2D eigenvalue weighted by molar-refractivity contribution is -0.0256. The van der Waals surface area contributed by atoms with Crippen molar-refractivity contribution in [3.05, 3.63) is 0 Å². The van der Waals surface area contributed by atoms with Crippen molar-refractivity contribution in [3.63, 3.8) is 0 Å². The van der Waals surface area contributed by atoms with E-state index in [-0.39, 0.29) is 5.54 Å². The third kappa shape index (κ3) is 3.19. The number of hydrogen-bond donors (Lipinski definition) is 1. The van der Waals surface area contributed by atoms with Crippen molar-refractivity contribution in [2.24, 2.45) is 5.73 Å². The fourth-order valence-electron chi connectivity index (χ4n) is 4.21. The second kappa shape index (κ2) is 7.21. The molecule has 0 bridgehead atoms. The molecule has 3 unspecified atom stereocenters. The van der Waals surface area contributed by atoms with Crippen molar-refractivity contribution in [2.75, 3.05) is 39.9 Å². The third-order valence-corrected chi connectivity index (χ3v) is 5.63.